The van der Waals surface area contributed by atoms with Gasteiger partial charge in [-0.3, -0.25) is 9.59 Å². The third kappa shape index (κ3) is 5.50. The number of ether oxygens (including phenoxy) is 2. The van der Waals surface area contributed by atoms with Gasteiger partial charge in [0, 0.05) is 31.6 Å². The molecule has 1 N–H and O–H groups in total. The highest BCUT2D eigenvalue weighted by molar-refractivity contribution is 5.96. The number of carbonyl (C=O) groups is 2. The predicted octanol–water partition coefficient (Wildman–Crippen LogP) is 4.21. The summed E-state index contributed by atoms with van der Waals surface area (Å²) in [5, 5.41) is 3.05. The molecule has 0 saturated heterocycles. The molecule has 0 radical (unpaired) electrons. The van der Waals surface area contributed by atoms with E-state index in [1.54, 1.807) is 32.4 Å². The molecule has 2 aromatic rings. The molecule has 29 heavy (non-hydrogen) atoms. The lowest BCUT2D eigenvalue weighted by atomic mass is 10.0. The summed E-state index contributed by atoms with van der Waals surface area (Å²) in [6.07, 6.45) is 1.84. The summed E-state index contributed by atoms with van der Waals surface area (Å²) >= 11 is 0. The number of aryl methyl sites for hydroxylation is 2. The number of benzene rings is 2. The minimum Gasteiger partial charge on any atom is -0.497 e. The van der Waals surface area contributed by atoms with Crippen LogP contribution in [0.3, 0.4) is 0 Å². The maximum atomic E-state index is 12.7. The molecule has 2 rings (SSSR count). The van der Waals surface area contributed by atoms with Crippen LogP contribution in [0.25, 0.3) is 0 Å². The highest BCUT2D eigenvalue weighted by Gasteiger charge is 2.19. The van der Waals surface area contributed by atoms with Gasteiger partial charge in [-0.1, -0.05) is 32.0 Å². The van der Waals surface area contributed by atoms with Crippen LogP contribution >= 0.6 is 0 Å². The number of methoxy groups -OCH3 is 2. The van der Waals surface area contributed by atoms with Gasteiger partial charge in [-0.05, 0) is 36.1 Å². The van der Waals surface area contributed by atoms with E-state index < -0.39 is 0 Å². The third-order valence-corrected chi connectivity index (χ3v) is 4.88. The fourth-order valence-electron chi connectivity index (χ4n) is 3.27. The second-order valence-electron chi connectivity index (χ2n) is 6.66. The van der Waals surface area contributed by atoms with Gasteiger partial charge in [0.25, 0.3) is 0 Å². The van der Waals surface area contributed by atoms with Crippen molar-refractivity contribution in [2.45, 2.75) is 40.0 Å². The molecule has 6 nitrogen and oxygen atoms in total. The van der Waals surface area contributed by atoms with Crippen molar-refractivity contribution in [3.8, 4) is 11.5 Å². The Kier molecular flexibility index (Phi) is 8.07. The van der Waals surface area contributed by atoms with Crippen LogP contribution in [0, 0.1) is 0 Å². The number of nitrogens with one attached hydrogen (secondary N) is 1. The molecule has 0 aliphatic carbocycles. The van der Waals surface area contributed by atoms with E-state index in [1.165, 1.54) is 11.8 Å². The van der Waals surface area contributed by atoms with E-state index in [0.717, 1.165) is 29.7 Å². The minimum atomic E-state index is -0.174. The Labute approximate surface area is 172 Å². The number of hydrogen-bond acceptors (Lipinski definition) is 4. The molecule has 0 aromatic heterocycles. The molecule has 0 bridgehead atoms. The predicted molar refractivity (Wildman–Crippen MR) is 116 cm³/mol. The molecule has 0 atom stereocenters. The number of carbonyl (C=O) groups excluding carboxylic acids is 2. The quantitative estimate of drug-likeness (QED) is 0.687. The third-order valence-electron chi connectivity index (χ3n) is 4.88. The molecular weight excluding hydrogens is 368 g/mol. The van der Waals surface area contributed by atoms with Crippen LogP contribution < -0.4 is 19.7 Å². The zero-order valence-corrected chi connectivity index (χ0v) is 17.9. The molecule has 2 amide bonds. The summed E-state index contributed by atoms with van der Waals surface area (Å²) in [4.78, 5) is 26.5. The fraction of sp³-hybridized carbons (Fsp3) is 0.391. The lowest BCUT2D eigenvalue weighted by Gasteiger charge is -2.24. The SMILES string of the molecule is CCc1cccc(CC)c1NC(=O)CCN(C(C)=O)c1cc(OC)ccc1OC. The van der Waals surface area contributed by atoms with Crippen molar-refractivity contribution < 1.29 is 19.1 Å². The standard InChI is InChI=1S/C23H30N2O4/c1-6-17-9-8-10-18(7-2)23(17)24-22(27)13-14-25(16(3)26)20-15-19(28-4)11-12-21(20)29-5/h8-12,15H,6-7,13-14H2,1-5H3,(H,24,27). The molecule has 6 heteroatoms. The van der Waals surface area contributed by atoms with Crippen LogP contribution in [0.5, 0.6) is 11.5 Å². The van der Waals surface area contributed by atoms with Crippen molar-refractivity contribution in [3.05, 3.63) is 47.5 Å². The molecule has 0 spiro atoms. The molecule has 0 heterocycles. The van der Waals surface area contributed by atoms with E-state index in [2.05, 4.69) is 19.2 Å². The van der Waals surface area contributed by atoms with Crippen molar-refractivity contribution >= 4 is 23.2 Å². The van der Waals surface area contributed by atoms with Crippen LogP contribution in [0.1, 0.15) is 38.3 Å². The average Bonchev–Trinajstić information content (AvgIpc) is 2.73. The second-order valence-corrected chi connectivity index (χ2v) is 6.66. The summed E-state index contributed by atoms with van der Waals surface area (Å²) < 4.78 is 10.7. The topological polar surface area (TPSA) is 67.9 Å². The van der Waals surface area contributed by atoms with Crippen molar-refractivity contribution in [2.24, 2.45) is 0 Å². The van der Waals surface area contributed by atoms with Gasteiger partial charge in [0.05, 0.1) is 19.9 Å². The minimum absolute atomic E-state index is 0.131. The Balaban J connectivity index is 2.19. The number of hydrogen-bond donors (Lipinski definition) is 1. The largest absolute Gasteiger partial charge is 0.497 e. The van der Waals surface area contributed by atoms with Gasteiger partial charge in [-0.25, -0.2) is 0 Å². The van der Waals surface area contributed by atoms with E-state index in [0.29, 0.717) is 17.2 Å². The van der Waals surface area contributed by atoms with Gasteiger partial charge >= 0.3 is 0 Å². The first-order chi connectivity index (χ1) is 13.9. The van der Waals surface area contributed by atoms with E-state index in [-0.39, 0.29) is 24.8 Å². The summed E-state index contributed by atoms with van der Waals surface area (Å²) in [7, 11) is 3.11. The molecular formula is C23H30N2O4. The van der Waals surface area contributed by atoms with E-state index in [9.17, 15) is 9.59 Å². The molecule has 0 fully saturated rings. The normalized spacial score (nSPS) is 10.4. The monoisotopic (exact) mass is 398 g/mol. The van der Waals surface area contributed by atoms with E-state index >= 15 is 0 Å². The molecule has 0 aliphatic heterocycles. The Bertz CT molecular complexity index is 842. The molecule has 0 unspecified atom stereocenters. The van der Waals surface area contributed by atoms with Crippen LogP contribution in [-0.4, -0.2) is 32.6 Å². The van der Waals surface area contributed by atoms with Gasteiger partial charge in [0.2, 0.25) is 11.8 Å². The summed E-state index contributed by atoms with van der Waals surface area (Å²) in [5.41, 5.74) is 3.68. The van der Waals surface area contributed by atoms with Gasteiger partial charge in [-0.15, -0.1) is 0 Å². The van der Waals surface area contributed by atoms with Crippen LogP contribution in [0.4, 0.5) is 11.4 Å². The zero-order chi connectivity index (χ0) is 21.4. The summed E-state index contributed by atoms with van der Waals surface area (Å²) in [5.74, 6) is 0.855. The Hall–Kier alpha value is -3.02. The highest BCUT2D eigenvalue weighted by atomic mass is 16.5. The molecule has 0 saturated carbocycles. The molecule has 2 aromatic carbocycles. The summed E-state index contributed by atoms with van der Waals surface area (Å²) in [6.45, 7) is 5.84. The number of amides is 2. The first-order valence-electron chi connectivity index (χ1n) is 9.85. The van der Waals surface area contributed by atoms with Gasteiger partial charge in [0.1, 0.15) is 11.5 Å². The van der Waals surface area contributed by atoms with Crippen LogP contribution in [-0.2, 0) is 22.4 Å². The van der Waals surface area contributed by atoms with Crippen LogP contribution in [0.2, 0.25) is 0 Å². The maximum Gasteiger partial charge on any atom is 0.226 e. The number of anilines is 2. The molecule has 156 valence electrons. The van der Waals surface area contributed by atoms with Crippen LogP contribution in [0.15, 0.2) is 36.4 Å². The Morgan fingerprint density at radius 3 is 2.17 bits per heavy atom. The lowest BCUT2D eigenvalue weighted by Crippen LogP contribution is -2.32. The number of nitrogens with zero attached hydrogens (tertiary/aromatic N) is 1. The molecule has 0 aliphatic rings. The Morgan fingerprint density at radius 1 is 1.00 bits per heavy atom. The fourth-order valence-corrected chi connectivity index (χ4v) is 3.27. The highest BCUT2D eigenvalue weighted by Crippen LogP contribution is 2.32. The second kappa shape index (κ2) is 10.5. The first kappa shape index (κ1) is 22.3. The van der Waals surface area contributed by atoms with Gasteiger partial charge in [-0.2, -0.15) is 0 Å². The number of rotatable bonds is 9. The average molecular weight is 399 g/mol. The Morgan fingerprint density at radius 2 is 1.66 bits per heavy atom. The number of para-hydroxylation sites is 1. The zero-order valence-electron chi connectivity index (χ0n) is 17.9. The van der Waals surface area contributed by atoms with Gasteiger partial charge < -0.3 is 19.7 Å². The van der Waals surface area contributed by atoms with Crippen molar-refractivity contribution in [3.63, 3.8) is 0 Å². The van der Waals surface area contributed by atoms with Gasteiger partial charge in [0.15, 0.2) is 0 Å². The van der Waals surface area contributed by atoms with Crippen molar-refractivity contribution in [1.29, 1.82) is 0 Å². The first-order valence-corrected chi connectivity index (χ1v) is 9.85. The van der Waals surface area contributed by atoms with E-state index in [1.807, 2.05) is 18.2 Å². The van der Waals surface area contributed by atoms with Crippen molar-refractivity contribution in [1.82, 2.24) is 0 Å². The van der Waals surface area contributed by atoms with Crippen molar-refractivity contribution in [2.75, 3.05) is 31.0 Å². The van der Waals surface area contributed by atoms with E-state index in [4.69, 9.17) is 9.47 Å². The maximum absolute atomic E-state index is 12.7. The summed E-state index contributed by atoms with van der Waals surface area (Å²) in [6, 6.07) is 11.3. The smallest absolute Gasteiger partial charge is 0.226 e. The lowest BCUT2D eigenvalue weighted by molar-refractivity contribution is -0.117.